The van der Waals surface area contributed by atoms with Crippen LogP contribution in [0.25, 0.3) is 0 Å². The van der Waals surface area contributed by atoms with E-state index in [2.05, 4.69) is 0 Å². The summed E-state index contributed by atoms with van der Waals surface area (Å²) in [5.74, 6) is -2.68. The summed E-state index contributed by atoms with van der Waals surface area (Å²) in [6, 6.07) is 12.3. The molecule has 0 unspecified atom stereocenters. The van der Waals surface area contributed by atoms with Gasteiger partial charge in [0.2, 0.25) is 6.29 Å². The molecule has 2 aliphatic rings. The first kappa shape index (κ1) is 40.4. The van der Waals surface area contributed by atoms with Crippen molar-refractivity contribution in [3.8, 4) is 11.5 Å². The molecule has 2 fully saturated rings. The standard InChI is InChI=1S/C35H48O16/c1-3-18(2)35(46,34(45)48-17-20-4-8-22(9-5-20)49-24-12-21(14-36)27(39)30(42)28(24)40)13-26(38)47-16-19-6-10-23(11-7-19)50-33-32(44)31(43)29(41)25(15-37)51-33/h4-11,18,21,24-25,27-33,36-37,39-44,46H,3,12-17H2,1-2H3/t18-,21-,24-,25-,27-,28+,29-,30+,31+,32-,33-,35+/m1/s1. The molecule has 16 heteroatoms. The summed E-state index contributed by atoms with van der Waals surface area (Å²) in [5, 5.41) is 90.6. The fourth-order valence-electron chi connectivity index (χ4n) is 5.87. The topological polar surface area (TPSA) is 262 Å². The minimum Gasteiger partial charge on any atom is -0.488 e. The number of aliphatic hydroxyl groups is 9. The van der Waals surface area contributed by atoms with E-state index in [1.807, 2.05) is 0 Å². The Balaban J connectivity index is 1.28. The van der Waals surface area contributed by atoms with Crippen molar-refractivity contribution in [2.75, 3.05) is 13.2 Å². The smallest absolute Gasteiger partial charge is 0.339 e. The lowest BCUT2D eigenvalue weighted by Gasteiger charge is -2.39. The molecular formula is C35H48O16. The van der Waals surface area contributed by atoms with Gasteiger partial charge in [0.25, 0.3) is 0 Å². The molecule has 0 aromatic heterocycles. The van der Waals surface area contributed by atoms with E-state index >= 15 is 0 Å². The van der Waals surface area contributed by atoms with E-state index in [-0.39, 0.29) is 32.0 Å². The molecule has 12 atom stereocenters. The third-order valence-electron chi connectivity index (χ3n) is 9.53. The molecule has 0 spiro atoms. The Hall–Kier alpha value is -3.42. The highest BCUT2D eigenvalue weighted by Gasteiger charge is 2.46. The summed E-state index contributed by atoms with van der Waals surface area (Å²) in [7, 11) is 0. The molecule has 4 rings (SSSR count). The number of carbonyl (C=O) groups excluding carboxylic acids is 2. The Labute approximate surface area is 294 Å². The van der Waals surface area contributed by atoms with Crippen LogP contribution >= 0.6 is 0 Å². The molecule has 2 aromatic rings. The monoisotopic (exact) mass is 724 g/mol. The Bertz CT molecular complexity index is 1400. The maximum atomic E-state index is 13.2. The second-order valence-electron chi connectivity index (χ2n) is 13.1. The van der Waals surface area contributed by atoms with Crippen molar-refractivity contribution in [3.05, 3.63) is 59.7 Å². The van der Waals surface area contributed by atoms with Gasteiger partial charge < -0.3 is 69.6 Å². The highest BCUT2D eigenvalue weighted by atomic mass is 16.7. The van der Waals surface area contributed by atoms with Gasteiger partial charge in [0, 0.05) is 12.5 Å². The molecule has 1 aliphatic heterocycles. The number of hydrogen-bond acceptors (Lipinski definition) is 16. The highest BCUT2D eigenvalue weighted by molar-refractivity contribution is 5.86. The van der Waals surface area contributed by atoms with E-state index in [9.17, 15) is 55.5 Å². The molecular weight excluding hydrogens is 676 g/mol. The summed E-state index contributed by atoms with van der Waals surface area (Å²) < 4.78 is 27.4. The van der Waals surface area contributed by atoms with Crippen LogP contribution in [0.2, 0.25) is 0 Å². The zero-order valence-corrected chi connectivity index (χ0v) is 28.3. The maximum absolute atomic E-state index is 13.2. The van der Waals surface area contributed by atoms with Crippen molar-refractivity contribution in [1.29, 1.82) is 0 Å². The van der Waals surface area contributed by atoms with Crippen molar-refractivity contribution in [2.45, 2.75) is 107 Å². The van der Waals surface area contributed by atoms with Crippen molar-refractivity contribution in [1.82, 2.24) is 0 Å². The predicted molar refractivity (Wildman–Crippen MR) is 174 cm³/mol. The summed E-state index contributed by atoms with van der Waals surface area (Å²) in [6.07, 6.45) is -12.5. The molecule has 1 saturated carbocycles. The summed E-state index contributed by atoms with van der Waals surface area (Å²) in [5.41, 5.74) is -1.15. The van der Waals surface area contributed by atoms with E-state index in [4.69, 9.17) is 23.7 Å². The van der Waals surface area contributed by atoms with Gasteiger partial charge in [-0.1, -0.05) is 44.5 Å². The fraction of sp³-hybridized carbons (Fsp3) is 0.600. The lowest BCUT2D eigenvalue weighted by Crippen LogP contribution is -2.60. The van der Waals surface area contributed by atoms with Crippen molar-refractivity contribution in [2.24, 2.45) is 11.8 Å². The van der Waals surface area contributed by atoms with E-state index < -0.39 is 97.5 Å². The fourth-order valence-corrected chi connectivity index (χ4v) is 5.87. The van der Waals surface area contributed by atoms with Crippen LogP contribution in [-0.4, -0.2) is 132 Å². The third-order valence-corrected chi connectivity index (χ3v) is 9.53. The quantitative estimate of drug-likeness (QED) is 0.0963. The van der Waals surface area contributed by atoms with Gasteiger partial charge in [-0.25, -0.2) is 4.79 Å². The number of esters is 2. The molecule has 9 N–H and O–H groups in total. The number of hydrogen-bond donors (Lipinski definition) is 9. The molecule has 0 radical (unpaired) electrons. The van der Waals surface area contributed by atoms with Crippen LogP contribution in [-0.2, 0) is 37.0 Å². The van der Waals surface area contributed by atoms with Crippen LogP contribution in [0.4, 0.5) is 0 Å². The number of rotatable bonds is 15. The molecule has 284 valence electrons. The lowest BCUT2D eigenvalue weighted by molar-refractivity contribution is -0.277. The van der Waals surface area contributed by atoms with Crippen molar-refractivity contribution in [3.63, 3.8) is 0 Å². The number of ether oxygens (including phenoxy) is 5. The van der Waals surface area contributed by atoms with Crippen LogP contribution in [0, 0.1) is 11.8 Å². The predicted octanol–water partition coefficient (Wildman–Crippen LogP) is -1.34. The molecule has 0 bridgehead atoms. The van der Waals surface area contributed by atoms with E-state index in [1.165, 1.54) is 12.1 Å². The molecule has 16 nitrogen and oxygen atoms in total. The first-order valence-electron chi connectivity index (χ1n) is 16.7. The van der Waals surface area contributed by atoms with Gasteiger partial charge in [0.15, 0.2) is 5.60 Å². The average Bonchev–Trinajstić information content (AvgIpc) is 3.13. The second-order valence-corrected chi connectivity index (χ2v) is 13.1. The molecule has 0 amide bonds. The van der Waals surface area contributed by atoms with E-state index in [0.29, 0.717) is 23.3 Å². The molecule has 1 aliphatic carbocycles. The zero-order chi connectivity index (χ0) is 37.5. The number of carbonyl (C=O) groups is 2. The van der Waals surface area contributed by atoms with Crippen LogP contribution in [0.15, 0.2) is 48.5 Å². The molecule has 51 heavy (non-hydrogen) atoms. The highest BCUT2D eigenvalue weighted by Crippen LogP contribution is 2.31. The first-order valence-corrected chi connectivity index (χ1v) is 16.7. The normalized spacial score (nSPS) is 31.2. The molecule has 1 saturated heterocycles. The van der Waals surface area contributed by atoms with Gasteiger partial charge in [-0.05, 0) is 47.7 Å². The van der Waals surface area contributed by atoms with Gasteiger partial charge in [-0.2, -0.15) is 0 Å². The Morgan fingerprint density at radius 1 is 0.765 bits per heavy atom. The van der Waals surface area contributed by atoms with Gasteiger partial charge >= 0.3 is 11.9 Å². The summed E-state index contributed by atoms with van der Waals surface area (Å²) in [4.78, 5) is 26.0. The summed E-state index contributed by atoms with van der Waals surface area (Å²) in [6.45, 7) is 1.90. The van der Waals surface area contributed by atoms with Crippen LogP contribution < -0.4 is 9.47 Å². The maximum Gasteiger partial charge on any atom is 0.339 e. The Morgan fingerprint density at radius 2 is 1.31 bits per heavy atom. The zero-order valence-electron chi connectivity index (χ0n) is 28.3. The van der Waals surface area contributed by atoms with Crippen LogP contribution in [0.5, 0.6) is 11.5 Å². The lowest BCUT2D eigenvalue weighted by atomic mass is 9.81. The summed E-state index contributed by atoms with van der Waals surface area (Å²) >= 11 is 0. The van der Waals surface area contributed by atoms with Gasteiger partial charge in [-0.15, -0.1) is 0 Å². The largest absolute Gasteiger partial charge is 0.488 e. The van der Waals surface area contributed by atoms with Gasteiger partial charge in [0.05, 0.1) is 19.1 Å². The van der Waals surface area contributed by atoms with Crippen LogP contribution in [0.3, 0.4) is 0 Å². The first-order chi connectivity index (χ1) is 24.2. The Kier molecular flexibility index (Phi) is 14.1. The van der Waals surface area contributed by atoms with Gasteiger partial charge in [0.1, 0.15) is 67.4 Å². The minimum absolute atomic E-state index is 0.113. The van der Waals surface area contributed by atoms with Crippen LogP contribution in [0.1, 0.15) is 44.2 Å². The van der Waals surface area contributed by atoms with Gasteiger partial charge in [-0.3, -0.25) is 4.79 Å². The third kappa shape index (κ3) is 9.72. The second kappa shape index (κ2) is 17.9. The SMILES string of the molecule is CC[C@@H](C)[C@@](O)(CC(=O)OCc1ccc(O[C@@H]2O[C@H](CO)[C@@H](O)[C@H](O)[C@H]2O)cc1)C(=O)OCc1ccc(O[C@@H]2C[C@H](CO)[C@@H](O)[C@H](O)[C@H]2O)cc1. The number of aliphatic hydroxyl groups excluding tert-OH is 8. The number of benzene rings is 2. The Morgan fingerprint density at radius 3 is 1.86 bits per heavy atom. The van der Waals surface area contributed by atoms with E-state index in [1.54, 1.807) is 50.2 Å². The van der Waals surface area contributed by atoms with E-state index in [0.717, 1.165) is 0 Å². The molecule has 2 aromatic carbocycles. The molecule has 1 heterocycles. The van der Waals surface area contributed by atoms with Crippen molar-refractivity contribution >= 4 is 11.9 Å². The average molecular weight is 725 g/mol. The van der Waals surface area contributed by atoms with Crippen molar-refractivity contribution < 1.29 is 79.2 Å². The minimum atomic E-state index is -2.19.